The Kier molecular flexibility index (Phi) is 4.62. The van der Waals surface area contributed by atoms with Crippen molar-refractivity contribution in [1.82, 2.24) is 4.31 Å². The monoisotopic (exact) mass is 377 g/mol. The molecule has 0 N–H and O–H groups in total. The van der Waals surface area contributed by atoms with Gasteiger partial charge in [0.05, 0.1) is 10.4 Å². The Morgan fingerprint density at radius 3 is 1.81 bits per heavy atom. The standard InChI is InChI=1S/C23H23NO2S/c1-19-13-15-22(16-14-19)27(25,26)24-18-8-17-23(24,20-9-4-2-5-10-20)21-11-6-3-7-12-21/h2-7,9-16H,8,17-18H2,1H3. The maximum atomic E-state index is 13.6. The summed E-state index contributed by atoms with van der Waals surface area (Å²) >= 11 is 0. The van der Waals surface area contributed by atoms with Gasteiger partial charge in [0.25, 0.3) is 0 Å². The second-order valence-electron chi connectivity index (χ2n) is 7.09. The zero-order chi connectivity index (χ0) is 18.9. The maximum absolute atomic E-state index is 13.6. The summed E-state index contributed by atoms with van der Waals surface area (Å²) in [5.41, 5.74) is 2.41. The smallest absolute Gasteiger partial charge is 0.207 e. The van der Waals surface area contributed by atoms with Crippen molar-refractivity contribution in [2.75, 3.05) is 6.54 Å². The first-order chi connectivity index (χ1) is 13.0. The highest BCUT2D eigenvalue weighted by molar-refractivity contribution is 7.89. The molecule has 3 aromatic carbocycles. The van der Waals surface area contributed by atoms with Gasteiger partial charge in [0.2, 0.25) is 10.0 Å². The third kappa shape index (κ3) is 2.99. The van der Waals surface area contributed by atoms with E-state index in [0.29, 0.717) is 11.4 Å². The number of nitrogens with zero attached hydrogens (tertiary/aromatic N) is 1. The van der Waals surface area contributed by atoms with E-state index in [9.17, 15) is 8.42 Å². The van der Waals surface area contributed by atoms with E-state index in [1.807, 2.05) is 79.7 Å². The van der Waals surface area contributed by atoms with E-state index in [2.05, 4.69) is 0 Å². The second kappa shape index (κ2) is 6.95. The Bertz CT molecular complexity index is 973. The molecule has 0 radical (unpaired) electrons. The molecular weight excluding hydrogens is 354 g/mol. The lowest BCUT2D eigenvalue weighted by Gasteiger charge is -2.39. The van der Waals surface area contributed by atoms with Gasteiger partial charge in [-0.1, -0.05) is 78.4 Å². The molecule has 4 heteroatoms. The molecule has 3 nitrogen and oxygen atoms in total. The molecule has 1 aliphatic heterocycles. The van der Waals surface area contributed by atoms with Crippen molar-refractivity contribution in [3.8, 4) is 0 Å². The highest BCUT2D eigenvalue weighted by Crippen LogP contribution is 2.47. The molecule has 3 aromatic rings. The molecule has 1 fully saturated rings. The van der Waals surface area contributed by atoms with Crippen LogP contribution in [-0.4, -0.2) is 19.3 Å². The molecule has 0 unspecified atom stereocenters. The second-order valence-corrected chi connectivity index (χ2v) is 8.95. The quantitative estimate of drug-likeness (QED) is 0.659. The van der Waals surface area contributed by atoms with E-state index >= 15 is 0 Å². The zero-order valence-electron chi connectivity index (χ0n) is 15.4. The summed E-state index contributed by atoms with van der Waals surface area (Å²) in [6, 6.07) is 27.1. The summed E-state index contributed by atoms with van der Waals surface area (Å²) in [6.45, 7) is 2.48. The number of aryl methyl sites for hydroxylation is 1. The molecule has 0 saturated carbocycles. The number of hydrogen-bond acceptors (Lipinski definition) is 2. The van der Waals surface area contributed by atoms with Crippen LogP contribution in [0.3, 0.4) is 0 Å². The van der Waals surface area contributed by atoms with E-state index in [0.717, 1.165) is 29.5 Å². The van der Waals surface area contributed by atoms with Gasteiger partial charge in [-0.25, -0.2) is 8.42 Å². The molecule has 1 saturated heterocycles. The van der Waals surface area contributed by atoms with Gasteiger partial charge in [-0.3, -0.25) is 0 Å². The van der Waals surface area contributed by atoms with Crippen LogP contribution in [0.15, 0.2) is 89.8 Å². The highest BCUT2D eigenvalue weighted by atomic mass is 32.2. The Labute approximate surface area is 161 Å². The summed E-state index contributed by atoms with van der Waals surface area (Å²) in [5, 5.41) is 0. The predicted molar refractivity (Wildman–Crippen MR) is 108 cm³/mol. The fourth-order valence-corrected chi connectivity index (χ4v) is 5.94. The molecule has 1 aliphatic rings. The first-order valence-corrected chi connectivity index (χ1v) is 10.7. The first-order valence-electron chi connectivity index (χ1n) is 9.26. The van der Waals surface area contributed by atoms with Crippen molar-refractivity contribution in [3.63, 3.8) is 0 Å². The molecule has 27 heavy (non-hydrogen) atoms. The molecular formula is C23H23NO2S. The van der Waals surface area contributed by atoms with Crippen molar-refractivity contribution in [2.24, 2.45) is 0 Å². The normalized spacial score (nSPS) is 17.1. The van der Waals surface area contributed by atoms with Crippen molar-refractivity contribution >= 4 is 10.0 Å². The lowest BCUT2D eigenvalue weighted by Crippen LogP contribution is -2.45. The van der Waals surface area contributed by atoms with Crippen LogP contribution in [0.4, 0.5) is 0 Å². The van der Waals surface area contributed by atoms with Gasteiger partial charge in [-0.05, 0) is 43.0 Å². The number of benzene rings is 3. The van der Waals surface area contributed by atoms with Crippen molar-refractivity contribution in [1.29, 1.82) is 0 Å². The third-order valence-electron chi connectivity index (χ3n) is 5.44. The van der Waals surface area contributed by atoms with E-state index in [1.165, 1.54) is 0 Å². The largest absolute Gasteiger partial charge is 0.244 e. The minimum atomic E-state index is -3.63. The van der Waals surface area contributed by atoms with Crippen molar-refractivity contribution < 1.29 is 8.42 Å². The molecule has 138 valence electrons. The van der Waals surface area contributed by atoms with Gasteiger partial charge in [0, 0.05) is 6.54 Å². The lowest BCUT2D eigenvalue weighted by molar-refractivity contribution is 0.297. The molecule has 0 amide bonds. The Hall–Kier alpha value is -2.43. The van der Waals surface area contributed by atoms with Gasteiger partial charge in [0.1, 0.15) is 0 Å². The minimum Gasteiger partial charge on any atom is -0.207 e. The van der Waals surface area contributed by atoms with E-state index in [1.54, 1.807) is 16.4 Å². The SMILES string of the molecule is Cc1ccc(S(=O)(=O)N2CCCC2(c2ccccc2)c2ccccc2)cc1. The fraction of sp³-hybridized carbons (Fsp3) is 0.217. The van der Waals surface area contributed by atoms with Gasteiger partial charge in [-0.2, -0.15) is 4.31 Å². The number of hydrogen-bond donors (Lipinski definition) is 0. The average Bonchev–Trinajstić information content (AvgIpc) is 3.17. The summed E-state index contributed by atoms with van der Waals surface area (Å²) in [6.07, 6.45) is 1.60. The Morgan fingerprint density at radius 1 is 0.778 bits per heavy atom. The summed E-state index contributed by atoms with van der Waals surface area (Å²) in [5.74, 6) is 0. The molecule has 1 heterocycles. The van der Waals surface area contributed by atoms with Crippen LogP contribution >= 0.6 is 0 Å². The van der Waals surface area contributed by atoms with Gasteiger partial charge >= 0.3 is 0 Å². The van der Waals surface area contributed by atoms with Crippen molar-refractivity contribution in [2.45, 2.75) is 30.2 Å². The lowest BCUT2D eigenvalue weighted by atomic mass is 9.82. The van der Waals surface area contributed by atoms with Crippen LogP contribution in [0.1, 0.15) is 29.5 Å². The van der Waals surface area contributed by atoms with Crippen molar-refractivity contribution in [3.05, 3.63) is 102 Å². The molecule has 0 bridgehead atoms. The average molecular weight is 378 g/mol. The number of sulfonamides is 1. The Morgan fingerprint density at radius 2 is 1.30 bits per heavy atom. The minimum absolute atomic E-state index is 0.353. The summed E-state index contributed by atoms with van der Waals surface area (Å²) in [4.78, 5) is 0.353. The molecule has 0 spiro atoms. The van der Waals surface area contributed by atoms with Crippen LogP contribution in [0, 0.1) is 6.92 Å². The molecule has 0 aliphatic carbocycles. The van der Waals surface area contributed by atoms with Gasteiger partial charge < -0.3 is 0 Å². The number of rotatable bonds is 4. The fourth-order valence-electron chi connectivity index (χ4n) is 4.13. The maximum Gasteiger partial charge on any atom is 0.244 e. The van der Waals surface area contributed by atoms with Gasteiger partial charge in [-0.15, -0.1) is 0 Å². The van der Waals surface area contributed by atoms with Crippen LogP contribution in [0.2, 0.25) is 0 Å². The van der Waals surface area contributed by atoms with E-state index < -0.39 is 15.6 Å². The highest BCUT2D eigenvalue weighted by Gasteiger charge is 2.49. The molecule has 0 aromatic heterocycles. The van der Waals surface area contributed by atoms with Crippen LogP contribution in [0.25, 0.3) is 0 Å². The third-order valence-corrected chi connectivity index (χ3v) is 7.38. The molecule has 4 rings (SSSR count). The van der Waals surface area contributed by atoms with Crippen LogP contribution in [0.5, 0.6) is 0 Å². The van der Waals surface area contributed by atoms with Gasteiger partial charge in [0.15, 0.2) is 0 Å². The zero-order valence-corrected chi connectivity index (χ0v) is 16.2. The van der Waals surface area contributed by atoms with Crippen LogP contribution < -0.4 is 0 Å². The topological polar surface area (TPSA) is 37.4 Å². The molecule has 0 atom stereocenters. The van der Waals surface area contributed by atoms with E-state index in [4.69, 9.17) is 0 Å². The predicted octanol–water partition coefficient (Wildman–Crippen LogP) is 4.72. The summed E-state index contributed by atoms with van der Waals surface area (Å²) < 4.78 is 29.0. The Balaban J connectivity index is 1.92. The first kappa shape index (κ1) is 18.0. The summed E-state index contributed by atoms with van der Waals surface area (Å²) in [7, 11) is -3.63. The van der Waals surface area contributed by atoms with E-state index in [-0.39, 0.29) is 0 Å². The van der Waals surface area contributed by atoms with Crippen LogP contribution in [-0.2, 0) is 15.6 Å².